The molecule has 0 radical (unpaired) electrons. The summed E-state index contributed by atoms with van der Waals surface area (Å²) < 4.78 is 57.2. The van der Waals surface area contributed by atoms with Crippen LogP contribution in [-0.2, 0) is 6.54 Å². The largest absolute Gasteiger partial charge is 0.573 e. The summed E-state index contributed by atoms with van der Waals surface area (Å²) in [5.74, 6) is 1.47. The number of ether oxygens (including phenoxy) is 1. The molecule has 4 bridgehead atoms. The predicted molar refractivity (Wildman–Crippen MR) is 154 cm³/mol. The first-order valence-electron chi connectivity index (χ1n) is 15.4. The summed E-state index contributed by atoms with van der Waals surface area (Å²) in [5.41, 5.74) is 0.425. The molecule has 7 nitrogen and oxygen atoms in total. The van der Waals surface area contributed by atoms with E-state index in [2.05, 4.69) is 49.4 Å². The summed E-state index contributed by atoms with van der Waals surface area (Å²) in [6, 6.07) is 7.68. The van der Waals surface area contributed by atoms with E-state index in [1.165, 1.54) is 63.4 Å². The highest BCUT2D eigenvalue weighted by molar-refractivity contribution is 5.43. The Bertz CT molecular complexity index is 1220. The number of hydrogen-bond acceptors (Lipinski definition) is 7. The molecule has 1 aromatic carbocycles. The molecule has 7 rings (SSSR count). The number of anilines is 2. The number of benzene rings is 1. The first-order chi connectivity index (χ1) is 20.1. The number of likely N-dealkylation sites (tertiary alicyclic amines) is 1. The average Bonchev–Trinajstić information content (AvgIpc) is 2.93. The first kappa shape index (κ1) is 29.4. The van der Waals surface area contributed by atoms with Crippen LogP contribution in [0.25, 0.3) is 0 Å². The highest BCUT2D eigenvalue weighted by Gasteiger charge is 2.55. The van der Waals surface area contributed by atoms with Crippen molar-refractivity contribution >= 4 is 11.8 Å². The Morgan fingerprint density at radius 1 is 1.05 bits per heavy atom. The fraction of sp³-hybridized carbons (Fsp3) is 0.677. The summed E-state index contributed by atoms with van der Waals surface area (Å²) in [4.78, 5) is 10.9. The van der Waals surface area contributed by atoms with Crippen LogP contribution in [0.15, 0.2) is 30.5 Å². The normalized spacial score (nSPS) is 29.7. The summed E-state index contributed by atoms with van der Waals surface area (Å²) in [6.45, 7) is 7.55. The van der Waals surface area contributed by atoms with Crippen molar-refractivity contribution in [3.8, 4) is 5.75 Å². The zero-order chi connectivity index (χ0) is 29.5. The lowest BCUT2D eigenvalue weighted by atomic mass is 9.48. The van der Waals surface area contributed by atoms with Crippen molar-refractivity contribution in [2.45, 2.75) is 89.8 Å². The van der Waals surface area contributed by atoms with Crippen LogP contribution in [-0.4, -0.2) is 59.0 Å². The lowest BCUT2D eigenvalue weighted by Crippen LogP contribution is -2.62. The lowest BCUT2D eigenvalue weighted by molar-refractivity contribution is -0.274. The smallest absolute Gasteiger partial charge is 0.405 e. The Hall–Kier alpha value is -2.66. The molecule has 11 heteroatoms. The molecular weight excluding hydrogens is 548 g/mol. The van der Waals surface area contributed by atoms with E-state index in [4.69, 9.17) is 0 Å². The Morgan fingerprint density at radius 2 is 1.76 bits per heavy atom. The third-order valence-electron chi connectivity index (χ3n) is 10.1. The highest BCUT2D eigenvalue weighted by atomic mass is 19.4. The van der Waals surface area contributed by atoms with Gasteiger partial charge in [0.2, 0.25) is 5.95 Å². The van der Waals surface area contributed by atoms with Gasteiger partial charge in [-0.25, -0.2) is 9.37 Å². The average molecular weight is 591 g/mol. The maximum atomic E-state index is 14.8. The van der Waals surface area contributed by atoms with E-state index in [0.717, 1.165) is 25.0 Å². The van der Waals surface area contributed by atoms with Gasteiger partial charge in [0.15, 0.2) is 11.6 Å². The third kappa shape index (κ3) is 6.61. The van der Waals surface area contributed by atoms with Crippen molar-refractivity contribution in [3.63, 3.8) is 0 Å². The molecule has 4 saturated carbocycles. The van der Waals surface area contributed by atoms with Gasteiger partial charge in [-0.15, -0.1) is 13.2 Å². The second-order valence-corrected chi connectivity index (χ2v) is 13.3. The molecule has 1 aliphatic heterocycles. The number of nitrogens with zero attached hydrogens (tertiary/aromatic N) is 3. The van der Waals surface area contributed by atoms with E-state index in [-0.39, 0.29) is 29.5 Å². The third-order valence-corrected chi connectivity index (χ3v) is 10.1. The van der Waals surface area contributed by atoms with Gasteiger partial charge >= 0.3 is 6.36 Å². The van der Waals surface area contributed by atoms with Crippen LogP contribution in [0.2, 0.25) is 0 Å². The summed E-state index contributed by atoms with van der Waals surface area (Å²) in [5, 5.41) is 10.3. The molecule has 230 valence electrons. The molecule has 2 heterocycles. The fourth-order valence-electron chi connectivity index (χ4n) is 8.43. The van der Waals surface area contributed by atoms with Gasteiger partial charge in [0.05, 0.1) is 6.20 Å². The number of para-hydroxylation sites is 1. The van der Waals surface area contributed by atoms with Crippen LogP contribution in [0.1, 0.15) is 64.4 Å². The maximum absolute atomic E-state index is 14.8. The van der Waals surface area contributed by atoms with Crippen molar-refractivity contribution in [1.82, 2.24) is 20.2 Å². The van der Waals surface area contributed by atoms with Gasteiger partial charge in [-0.3, -0.25) is 0 Å². The Balaban J connectivity index is 1.06. The Labute approximate surface area is 245 Å². The molecule has 3 N–H and O–H groups in total. The number of hydrogen-bond donors (Lipinski definition) is 3. The van der Waals surface area contributed by atoms with Crippen molar-refractivity contribution in [1.29, 1.82) is 0 Å². The van der Waals surface area contributed by atoms with E-state index < -0.39 is 12.2 Å². The maximum Gasteiger partial charge on any atom is 0.573 e. The van der Waals surface area contributed by atoms with Gasteiger partial charge in [0.25, 0.3) is 0 Å². The highest BCUT2D eigenvalue weighted by Crippen LogP contribution is 2.60. The van der Waals surface area contributed by atoms with E-state index >= 15 is 0 Å². The van der Waals surface area contributed by atoms with E-state index in [9.17, 15) is 17.6 Å². The molecule has 5 aliphatic rings. The zero-order valence-electron chi connectivity index (χ0n) is 24.4. The molecule has 42 heavy (non-hydrogen) atoms. The van der Waals surface area contributed by atoms with E-state index in [1.807, 2.05) is 0 Å². The minimum Gasteiger partial charge on any atom is -0.405 e. The summed E-state index contributed by atoms with van der Waals surface area (Å²) in [6.07, 6.45) is 4.76. The number of piperidine rings is 1. The summed E-state index contributed by atoms with van der Waals surface area (Å²) >= 11 is 0. The van der Waals surface area contributed by atoms with Gasteiger partial charge in [-0.05, 0) is 101 Å². The molecule has 5 atom stereocenters. The van der Waals surface area contributed by atoms with E-state index in [0.29, 0.717) is 42.1 Å². The van der Waals surface area contributed by atoms with Crippen molar-refractivity contribution in [2.75, 3.05) is 30.3 Å². The van der Waals surface area contributed by atoms with Gasteiger partial charge < -0.3 is 25.6 Å². The van der Waals surface area contributed by atoms with Crippen LogP contribution >= 0.6 is 0 Å². The van der Waals surface area contributed by atoms with Crippen molar-refractivity contribution < 1.29 is 22.3 Å². The minimum absolute atomic E-state index is 0.00279. The first-order valence-corrected chi connectivity index (χ1v) is 15.4. The Kier molecular flexibility index (Phi) is 8.26. The van der Waals surface area contributed by atoms with Crippen LogP contribution in [0.4, 0.5) is 29.3 Å². The van der Waals surface area contributed by atoms with Crippen molar-refractivity contribution in [3.05, 3.63) is 41.8 Å². The van der Waals surface area contributed by atoms with Crippen molar-refractivity contribution in [2.24, 2.45) is 23.2 Å². The summed E-state index contributed by atoms with van der Waals surface area (Å²) in [7, 11) is 0. The Morgan fingerprint density at radius 3 is 2.45 bits per heavy atom. The number of aromatic nitrogens is 2. The van der Waals surface area contributed by atoms with Gasteiger partial charge in [0.1, 0.15) is 5.75 Å². The number of nitrogens with one attached hydrogen (secondary N) is 3. The molecular formula is C31H42F4N6O. The zero-order valence-corrected chi connectivity index (χ0v) is 24.4. The molecule has 1 saturated heterocycles. The van der Waals surface area contributed by atoms with Gasteiger partial charge in [-0.1, -0.05) is 18.2 Å². The predicted octanol–water partition coefficient (Wildman–Crippen LogP) is 6.20. The van der Waals surface area contributed by atoms with Crippen LogP contribution < -0.4 is 20.7 Å². The quantitative estimate of drug-likeness (QED) is 0.285. The van der Waals surface area contributed by atoms with Crippen LogP contribution in [0, 0.1) is 29.0 Å². The van der Waals surface area contributed by atoms with E-state index in [1.54, 1.807) is 6.07 Å². The lowest BCUT2D eigenvalue weighted by Gasteiger charge is -2.61. The molecule has 5 fully saturated rings. The molecule has 4 aliphatic carbocycles. The topological polar surface area (TPSA) is 74.3 Å². The standard InChI is InChI=1S/C31H42F4N6O/c1-19(2)41-9-7-24(8-10-41)39-27-22-11-20-12-23(27)15-30(13-20,14-22)18-38-28-25(32)17-37-29(40-28)36-16-21-5-3-4-6-26(21)42-31(33,34)35/h3-6,17,19-20,22-24,27,39H,7-16,18H2,1-2H3,(H2,36,37,38,40)/t20?,22-,23+,27-,30-. The fourth-order valence-corrected chi connectivity index (χ4v) is 8.43. The number of alkyl halides is 3. The molecule has 1 aromatic heterocycles. The second-order valence-electron chi connectivity index (χ2n) is 13.3. The van der Waals surface area contributed by atoms with Crippen LogP contribution in [0.5, 0.6) is 5.75 Å². The minimum atomic E-state index is -4.79. The SMILES string of the molecule is CC(C)N1CCC(N[C@@H]2[C@@H]3CC4C[C@H]2C[C@@](CNc2nc(NCc5ccccc5OC(F)(F)F)ncc2F)(C4)C3)CC1. The van der Waals surface area contributed by atoms with Gasteiger partial charge in [0, 0.05) is 36.8 Å². The number of rotatable bonds is 10. The molecule has 0 spiro atoms. The monoisotopic (exact) mass is 590 g/mol. The van der Waals surface area contributed by atoms with Gasteiger partial charge in [-0.2, -0.15) is 4.98 Å². The molecule has 1 unspecified atom stereocenters. The molecule has 0 amide bonds. The second kappa shape index (κ2) is 11.8. The molecule has 2 aromatic rings. The van der Waals surface area contributed by atoms with Crippen LogP contribution in [0.3, 0.4) is 0 Å². The number of halogens is 4.